The molecule has 1 aromatic heterocycles. The van der Waals surface area contributed by atoms with Gasteiger partial charge in [0, 0.05) is 22.5 Å². The first-order chi connectivity index (χ1) is 8.11. The second kappa shape index (κ2) is 4.71. The van der Waals surface area contributed by atoms with E-state index in [1.54, 1.807) is 6.20 Å². The van der Waals surface area contributed by atoms with Crippen LogP contribution in [-0.2, 0) is 0 Å². The van der Waals surface area contributed by atoms with Gasteiger partial charge in [-0.1, -0.05) is 15.9 Å². The van der Waals surface area contributed by atoms with Crippen molar-refractivity contribution in [2.45, 2.75) is 6.92 Å². The molecule has 0 aliphatic carbocycles. The number of ether oxygens (including phenoxy) is 1. The largest absolute Gasteiger partial charge is 0.412 e. The molecule has 4 nitrogen and oxygen atoms in total. The molecule has 0 aliphatic heterocycles. The Kier molecular flexibility index (Phi) is 3.28. The quantitative estimate of drug-likeness (QED) is 0.879. The summed E-state index contributed by atoms with van der Waals surface area (Å²) < 4.78 is 6.08. The molecule has 1 amide bonds. The highest BCUT2D eigenvalue weighted by molar-refractivity contribution is 9.10. The van der Waals surface area contributed by atoms with Gasteiger partial charge < -0.3 is 10.1 Å². The Morgan fingerprint density at radius 3 is 2.94 bits per heavy atom. The zero-order valence-corrected chi connectivity index (χ0v) is 11.0. The van der Waals surface area contributed by atoms with Crippen LogP contribution in [0.15, 0.2) is 28.9 Å². The van der Waals surface area contributed by atoms with Gasteiger partial charge in [-0.2, -0.15) is 0 Å². The molecule has 0 atom stereocenters. The van der Waals surface area contributed by atoms with Crippen molar-refractivity contribution in [1.29, 1.82) is 0 Å². The molecule has 0 saturated heterocycles. The number of nitrogens with one attached hydrogen (secondary N) is 1. The van der Waals surface area contributed by atoms with Crippen molar-refractivity contribution in [3.63, 3.8) is 0 Å². The standard InChI is InChI=1S/C12H11BrN2O2/c1-7-9-5-8(13)3-4-10(9)15-6-11(7)17-12(16)14-2/h3-6H,1-2H3,(H,14,16). The lowest BCUT2D eigenvalue weighted by Crippen LogP contribution is -2.22. The number of carbonyl (C=O) groups is 1. The molecule has 2 aromatic rings. The van der Waals surface area contributed by atoms with Gasteiger partial charge in [-0.05, 0) is 25.1 Å². The highest BCUT2D eigenvalue weighted by Gasteiger charge is 2.09. The van der Waals surface area contributed by atoms with Gasteiger partial charge in [0.15, 0.2) is 5.75 Å². The number of amides is 1. The lowest BCUT2D eigenvalue weighted by molar-refractivity contribution is 0.202. The topological polar surface area (TPSA) is 51.2 Å². The maximum absolute atomic E-state index is 11.2. The second-order valence-electron chi connectivity index (χ2n) is 3.55. The molecule has 5 heteroatoms. The first kappa shape index (κ1) is 11.9. The zero-order chi connectivity index (χ0) is 12.4. The number of benzene rings is 1. The minimum Gasteiger partial charge on any atom is -0.408 e. The summed E-state index contributed by atoms with van der Waals surface area (Å²) in [7, 11) is 1.52. The molecule has 2 rings (SSSR count). The average molecular weight is 295 g/mol. The lowest BCUT2D eigenvalue weighted by atomic mass is 10.1. The van der Waals surface area contributed by atoms with Crippen LogP contribution in [0.2, 0.25) is 0 Å². The van der Waals surface area contributed by atoms with Gasteiger partial charge in [0.1, 0.15) is 0 Å². The van der Waals surface area contributed by atoms with E-state index in [1.807, 2.05) is 25.1 Å². The van der Waals surface area contributed by atoms with Gasteiger partial charge in [-0.3, -0.25) is 4.98 Å². The summed E-state index contributed by atoms with van der Waals surface area (Å²) in [4.78, 5) is 15.4. The third-order valence-corrected chi connectivity index (χ3v) is 2.95. The molecule has 1 heterocycles. The van der Waals surface area contributed by atoms with Crippen LogP contribution in [0.5, 0.6) is 5.75 Å². The Morgan fingerprint density at radius 2 is 2.24 bits per heavy atom. The third kappa shape index (κ3) is 2.39. The number of hydrogen-bond donors (Lipinski definition) is 1. The van der Waals surface area contributed by atoms with Gasteiger partial charge >= 0.3 is 6.09 Å². The van der Waals surface area contributed by atoms with Crippen LogP contribution in [0, 0.1) is 6.92 Å². The minimum absolute atomic E-state index is 0.468. The van der Waals surface area contributed by atoms with Gasteiger partial charge in [0.2, 0.25) is 0 Å². The fourth-order valence-electron chi connectivity index (χ4n) is 1.53. The van der Waals surface area contributed by atoms with Crippen LogP contribution in [0.3, 0.4) is 0 Å². The molecular weight excluding hydrogens is 284 g/mol. The maximum Gasteiger partial charge on any atom is 0.412 e. The van der Waals surface area contributed by atoms with Crippen molar-refractivity contribution < 1.29 is 9.53 Å². The molecule has 0 saturated carbocycles. The minimum atomic E-state index is -0.496. The van der Waals surface area contributed by atoms with E-state index in [0.717, 1.165) is 20.9 Å². The number of nitrogens with zero attached hydrogens (tertiary/aromatic N) is 1. The maximum atomic E-state index is 11.2. The van der Waals surface area contributed by atoms with E-state index >= 15 is 0 Å². The van der Waals surface area contributed by atoms with Gasteiger partial charge in [-0.15, -0.1) is 0 Å². The van der Waals surface area contributed by atoms with E-state index in [9.17, 15) is 4.79 Å². The van der Waals surface area contributed by atoms with Gasteiger partial charge in [0.25, 0.3) is 0 Å². The second-order valence-corrected chi connectivity index (χ2v) is 4.46. The fourth-order valence-corrected chi connectivity index (χ4v) is 1.89. The van der Waals surface area contributed by atoms with Crippen molar-refractivity contribution in [3.05, 3.63) is 34.4 Å². The summed E-state index contributed by atoms with van der Waals surface area (Å²) in [5, 5.41) is 3.36. The van der Waals surface area contributed by atoms with Crippen LogP contribution in [0.25, 0.3) is 10.9 Å². The predicted octanol–water partition coefficient (Wildman–Crippen LogP) is 3.02. The Morgan fingerprint density at radius 1 is 1.47 bits per heavy atom. The summed E-state index contributed by atoms with van der Waals surface area (Å²) in [5.74, 6) is 0.468. The van der Waals surface area contributed by atoms with Crippen molar-refractivity contribution in [2.24, 2.45) is 0 Å². The third-order valence-electron chi connectivity index (χ3n) is 2.46. The molecule has 0 spiro atoms. The number of aromatic nitrogens is 1. The molecule has 88 valence electrons. The SMILES string of the molecule is CNC(=O)Oc1cnc2ccc(Br)cc2c1C. The number of halogens is 1. The normalized spacial score (nSPS) is 10.3. The Labute approximate surface area is 107 Å². The number of fused-ring (bicyclic) bond motifs is 1. The van der Waals surface area contributed by atoms with Gasteiger partial charge in [0.05, 0.1) is 11.7 Å². The van der Waals surface area contributed by atoms with Crippen LogP contribution in [0.1, 0.15) is 5.56 Å². The van der Waals surface area contributed by atoms with Gasteiger partial charge in [-0.25, -0.2) is 4.79 Å². The predicted molar refractivity (Wildman–Crippen MR) is 69.3 cm³/mol. The monoisotopic (exact) mass is 294 g/mol. The molecule has 0 bridgehead atoms. The first-order valence-electron chi connectivity index (χ1n) is 5.06. The van der Waals surface area contributed by atoms with Crippen LogP contribution < -0.4 is 10.1 Å². The van der Waals surface area contributed by atoms with E-state index in [1.165, 1.54) is 7.05 Å². The molecule has 1 aromatic carbocycles. The molecular formula is C12H11BrN2O2. The summed E-state index contributed by atoms with van der Waals surface area (Å²) in [6.45, 7) is 1.90. The summed E-state index contributed by atoms with van der Waals surface area (Å²) in [6, 6.07) is 5.79. The zero-order valence-electron chi connectivity index (χ0n) is 9.45. The first-order valence-corrected chi connectivity index (χ1v) is 5.85. The number of carbonyl (C=O) groups excluding carboxylic acids is 1. The van der Waals surface area contributed by atoms with Crippen LogP contribution in [0.4, 0.5) is 4.79 Å². The van der Waals surface area contributed by atoms with Crippen molar-refractivity contribution in [1.82, 2.24) is 10.3 Å². The average Bonchev–Trinajstić information content (AvgIpc) is 2.33. The molecule has 17 heavy (non-hydrogen) atoms. The van der Waals surface area contributed by atoms with Crippen molar-refractivity contribution >= 4 is 32.9 Å². The van der Waals surface area contributed by atoms with Crippen LogP contribution in [-0.4, -0.2) is 18.1 Å². The van der Waals surface area contributed by atoms with E-state index in [2.05, 4.69) is 26.2 Å². The number of aryl methyl sites for hydroxylation is 1. The van der Waals surface area contributed by atoms with E-state index in [4.69, 9.17) is 4.74 Å². The molecule has 0 aliphatic rings. The Bertz CT molecular complexity index is 584. The number of rotatable bonds is 1. The fraction of sp³-hybridized carbons (Fsp3) is 0.167. The van der Waals surface area contributed by atoms with E-state index < -0.39 is 6.09 Å². The Hall–Kier alpha value is -1.62. The molecule has 0 unspecified atom stereocenters. The van der Waals surface area contributed by atoms with Crippen molar-refractivity contribution in [2.75, 3.05) is 7.05 Å². The molecule has 0 fully saturated rings. The number of pyridine rings is 1. The Balaban J connectivity index is 2.52. The van der Waals surface area contributed by atoms with Crippen LogP contribution >= 0.6 is 15.9 Å². The summed E-state index contributed by atoms with van der Waals surface area (Å²) >= 11 is 3.41. The highest BCUT2D eigenvalue weighted by atomic mass is 79.9. The van der Waals surface area contributed by atoms with E-state index in [-0.39, 0.29) is 0 Å². The molecule has 1 N–H and O–H groups in total. The highest BCUT2D eigenvalue weighted by Crippen LogP contribution is 2.27. The number of hydrogen-bond acceptors (Lipinski definition) is 3. The molecule has 0 radical (unpaired) electrons. The lowest BCUT2D eigenvalue weighted by Gasteiger charge is -2.09. The summed E-state index contributed by atoms with van der Waals surface area (Å²) in [5.41, 5.74) is 1.76. The van der Waals surface area contributed by atoms with E-state index in [0.29, 0.717) is 5.75 Å². The smallest absolute Gasteiger partial charge is 0.408 e. The van der Waals surface area contributed by atoms with Crippen molar-refractivity contribution in [3.8, 4) is 5.75 Å². The summed E-state index contributed by atoms with van der Waals surface area (Å²) in [6.07, 6.45) is 1.06.